The maximum Gasteiger partial charge on any atom is 0.170 e. The van der Waals surface area contributed by atoms with Crippen molar-refractivity contribution >= 4 is 11.8 Å². The minimum atomic E-state index is 0.0237. The highest BCUT2D eigenvalue weighted by Gasteiger charge is 2.24. The van der Waals surface area contributed by atoms with Crippen molar-refractivity contribution in [3.05, 3.63) is 0 Å². The lowest BCUT2D eigenvalue weighted by molar-refractivity contribution is -0.0625. The van der Waals surface area contributed by atoms with Crippen molar-refractivity contribution in [2.45, 2.75) is 18.8 Å². The van der Waals surface area contributed by atoms with Gasteiger partial charge in [0, 0.05) is 18.3 Å². The summed E-state index contributed by atoms with van der Waals surface area (Å²) in [6.07, 6.45) is 1.34. The summed E-state index contributed by atoms with van der Waals surface area (Å²) in [6, 6.07) is 0.734. The molecular formula is C9H17NO2S. The molecule has 1 atom stereocenters. The number of likely N-dealkylation sites (N-methyl/N-ethyl adjacent to an activating group) is 1. The number of hydrogen-bond acceptors (Lipinski definition) is 4. The largest absolute Gasteiger partial charge is 0.349 e. The van der Waals surface area contributed by atoms with Crippen molar-refractivity contribution in [1.82, 2.24) is 4.90 Å². The quantitative estimate of drug-likeness (QED) is 0.676. The zero-order valence-electron chi connectivity index (χ0n) is 8.07. The van der Waals surface area contributed by atoms with Crippen LogP contribution in [0.5, 0.6) is 0 Å². The Morgan fingerprint density at radius 2 is 2.15 bits per heavy atom. The van der Waals surface area contributed by atoms with Gasteiger partial charge in [-0.15, -0.1) is 0 Å². The molecule has 2 aliphatic heterocycles. The second-order valence-electron chi connectivity index (χ2n) is 3.63. The van der Waals surface area contributed by atoms with Crippen LogP contribution in [0.1, 0.15) is 6.42 Å². The average molecular weight is 203 g/mol. The molecule has 2 fully saturated rings. The number of hydrogen-bond donors (Lipinski definition) is 0. The Morgan fingerprint density at radius 1 is 1.38 bits per heavy atom. The lowest BCUT2D eigenvalue weighted by atomic mass is 10.2. The smallest absolute Gasteiger partial charge is 0.170 e. The number of rotatable bonds is 3. The molecule has 0 N–H and O–H groups in total. The lowest BCUT2D eigenvalue weighted by Crippen LogP contribution is -2.37. The van der Waals surface area contributed by atoms with E-state index in [2.05, 4.69) is 11.9 Å². The Morgan fingerprint density at radius 3 is 2.77 bits per heavy atom. The van der Waals surface area contributed by atoms with Crippen LogP contribution in [-0.2, 0) is 9.47 Å². The first-order chi connectivity index (χ1) is 6.36. The van der Waals surface area contributed by atoms with Crippen LogP contribution < -0.4 is 0 Å². The first-order valence-corrected chi connectivity index (χ1v) is 6.03. The summed E-state index contributed by atoms with van der Waals surface area (Å²) in [5.74, 6) is 2.57. The van der Waals surface area contributed by atoms with Gasteiger partial charge >= 0.3 is 0 Å². The predicted molar refractivity (Wildman–Crippen MR) is 54.1 cm³/mol. The molecule has 0 aromatic heterocycles. The van der Waals surface area contributed by atoms with E-state index < -0.39 is 0 Å². The van der Waals surface area contributed by atoms with E-state index in [1.807, 2.05) is 11.8 Å². The van der Waals surface area contributed by atoms with E-state index in [9.17, 15) is 0 Å². The van der Waals surface area contributed by atoms with Crippen molar-refractivity contribution in [3.8, 4) is 0 Å². The van der Waals surface area contributed by atoms with E-state index in [4.69, 9.17) is 9.47 Å². The van der Waals surface area contributed by atoms with E-state index in [-0.39, 0.29) is 6.29 Å². The van der Waals surface area contributed by atoms with Gasteiger partial charge in [-0.25, -0.2) is 0 Å². The fraction of sp³-hybridized carbons (Fsp3) is 1.00. The van der Waals surface area contributed by atoms with Gasteiger partial charge in [-0.3, -0.25) is 4.90 Å². The topological polar surface area (TPSA) is 21.7 Å². The highest BCUT2D eigenvalue weighted by Crippen LogP contribution is 2.22. The van der Waals surface area contributed by atoms with Crippen LogP contribution in [0.25, 0.3) is 0 Å². The second-order valence-corrected chi connectivity index (χ2v) is 4.78. The SMILES string of the molecule is CN(CC1OCCO1)C1CCSC1. The Labute approximate surface area is 83.8 Å². The van der Waals surface area contributed by atoms with Gasteiger partial charge in [-0.05, 0) is 19.2 Å². The van der Waals surface area contributed by atoms with Gasteiger partial charge in [-0.1, -0.05) is 0 Å². The van der Waals surface area contributed by atoms with Gasteiger partial charge in [0.05, 0.1) is 13.2 Å². The summed E-state index contributed by atoms with van der Waals surface area (Å²) in [5, 5.41) is 0. The zero-order chi connectivity index (χ0) is 9.10. The van der Waals surface area contributed by atoms with E-state index in [1.54, 1.807) is 0 Å². The summed E-state index contributed by atoms with van der Waals surface area (Å²) >= 11 is 2.05. The van der Waals surface area contributed by atoms with E-state index in [0.29, 0.717) is 0 Å². The molecule has 3 nitrogen and oxygen atoms in total. The molecule has 0 amide bonds. The number of ether oxygens (including phenoxy) is 2. The molecule has 76 valence electrons. The Hall–Kier alpha value is 0.230. The van der Waals surface area contributed by atoms with Crippen LogP contribution >= 0.6 is 11.8 Å². The molecule has 2 aliphatic rings. The van der Waals surface area contributed by atoms with Crippen LogP contribution in [0.4, 0.5) is 0 Å². The fourth-order valence-electron chi connectivity index (χ4n) is 1.77. The van der Waals surface area contributed by atoms with Crippen LogP contribution in [0.2, 0.25) is 0 Å². The highest BCUT2D eigenvalue weighted by atomic mass is 32.2. The third-order valence-electron chi connectivity index (χ3n) is 2.66. The zero-order valence-corrected chi connectivity index (χ0v) is 8.89. The molecule has 0 spiro atoms. The third kappa shape index (κ3) is 2.59. The van der Waals surface area contributed by atoms with Crippen LogP contribution in [-0.4, -0.2) is 55.5 Å². The molecular weight excluding hydrogens is 186 g/mol. The van der Waals surface area contributed by atoms with Crippen LogP contribution in [0.3, 0.4) is 0 Å². The Kier molecular flexibility index (Phi) is 3.49. The molecule has 2 saturated heterocycles. The van der Waals surface area contributed by atoms with Gasteiger partial charge in [-0.2, -0.15) is 11.8 Å². The molecule has 0 saturated carbocycles. The van der Waals surface area contributed by atoms with E-state index >= 15 is 0 Å². The van der Waals surface area contributed by atoms with E-state index in [1.165, 1.54) is 17.9 Å². The van der Waals surface area contributed by atoms with Crippen LogP contribution in [0, 0.1) is 0 Å². The Balaban J connectivity index is 1.73. The van der Waals surface area contributed by atoms with Crippen molar-refractivity contribution in [2.24, 2.45) is 0 Å². The van der Waals surface area contributed by atoms with Crippen molar-refractivity contribution < 1.29 is 9.47 Å². The summed E-state index contributed by atoms with van der Waals surface area (Å²) in [6.45, 7) is 2.45. The monoisotopic (exact) mass is 203 g/mol. The van der Waals surface area contributed by atoms with Crippen molar-refractivity contribution in [3.63, 3.8) is 0 Å². The summed E-state index contributed by atoms with van der Waals surface area (Å²) < 4.78 is 10.8. The molecule has 2 heterocycles. The van der Waals surface area contributed by atoms with Gasteiger partial charge in [0.15, 0.2) is 6.29 Å². The van der Waals surface area contributed by atoms with Crippen LogP contribution in [0.15, 0.2) is 0 Å². The first kappa shape index (κ1) is 9.77. The van der Waals surface area contributed by atoms with E-state index in [0.717, 1.165) is 25.8 Å². The maximum absolute atomic E-state index is 5.41. The molecule has 1 unspecified atom stereocenters. The third-order valence-corrected chi connectivity index (χ3v) is 3.80. The maximum atomic E-state index is 5.41. The molecule has 2 rings (SSSR count). The predicted octanol–water partition coefficient (Wildman–Crippen LogP) is 0.797. The molecule has 0 aromatic carbocycles. The lowest BCUT2D eigenvalue weighted by Gasteiger charge is -2.25. The molecule has 0 aliphatic carbocycles. The molecule has 4 heteroatoms. The molecule has 0 bridgehead atoms. The molecule has 0 aromatic rings. The van der Waals surface area contributed by atoms with Crippen molar-refractivity contribution in [2.75, 3.05) is 38.3 Å². The van der Waals surface area contributed by atoms with Gasteiger partial charge in [0.1, 0.15) is 0 Å². The molecule has 13 heavy (non-hydrogen) atoms. The number of thioether (sulfide) groups is 1. The minimum absolute atomic E-state index is 0.0237. The first-order valence-electron chi connectivity index (χ1n) is 4.87. The van der Waals surface area contributed by atoms with Gasteiger partial charge in [0.2, 0.25) is 0 Å². The normalized spacial score (nSPS) is 30.5. The number of nitrogens with zero attached hydrogens (tertiary/aromatic N) is 1. The minimum Gasteiger partial charge on any atom is -0.349 e. The highest BCUT2D eigenvalue weighted by molar-refractivity contribution is 7.99. The van der Waals surface area contributed by atoms with Gasteiger partial charge < -0.3 is 9.47 Å². The fourth-order valence-corrected chi connectivity index (χ4v) is 3.07. The summed E-state index contributed by atoms with van der Waals surface area (Å²) in [5.41, 5.74) is 0. The molecule has 0 radical (unpaired) electrons. The summed E-state index contributed by atoms with van der Waals surface area (Å²) in [7, 11) is 2.17. The van der Waals surface area contributed by atoms with Gasteiger partial charge in [0.25, 0.3) is 0 Å². The Bertz CT molecular complexity index is 156. The van der Waals surface area contributed by atoms with Crippen molar-refractivity contribution in [1.29, 1.82) is 0 Å². The standard InChI is InChI=1S/C9H17NO2S/c1-10(8-2-5-13-7-8)6-9-11-3-4-12-9/h8-9H,2-7H2,1H3. The average Bonchev–Trinajstić information content (AvgIpc) is 2.74. The second kappa shape index (κ2) is 4.64. The summed E-state index contributed by atoms with van der Waals surface area (Å²) in [4.78, 5) is 2.37.